The van der Waals surface area contributed by atoms with Gasteiger partial charge in [0.2, 0.25) is 0 Å². The van der Waals surface area contributed by atoms with Crippen molar-refractivity contribution >= 4 is 31.9 Å². The highest BCUT2D eigenvalue weighted by Gasteiger charge is 2.19. The predicted molar refractivity (Wildman–Crippen MR) is 89.6 cm³/mol. The summed E-state index contributed by atoms with van der Waals surface area (Å²) in [5.41, 5.74) is 2.79. The van der Waals surface area contributed by atoms with E-state index in [0.717, 1.165) is 38.1 Å². The topological polar surface area (TPSA) is 47.3 Å². The Labute approximate surface area is 141 Å². The molecule has 1 atom stereocenters. The molecule has 0 saturated heterocycles. The van der Waals surface area contributed by atoms with Gasteiger partial charge in [-0.2, -0.15) is 5.10 Å². The lowest BCUT2D eigenvalue weighted by Gasteiger charge is -2.14. The molecule has 1 unspecified atom stereocenters. The Morgan fingerprint density at radius 1 is 1.38 bits per heavy atom. The Bertz CT molecular complexity index is 641. The van der Waals surface area contributed by atoms with Gasteiger partial charge in [-0.1, -0.05) is 22.9 Å². The molecule has 0 saturated carbocycles. The van der Waals surface area contributed by atoms with Gasteiger partial charge in [0.05, 0.1) is 29.1 Å². The number of aliphatic hydroxyl groups excluding tert-OH is 1. The summed E-state index contributed by atoms with van der Waals surface area (Å²) in [6.07, 6.45) is 0.703. The zero-order chi connectivity index (χ0) is 15.6. The maximum atomic E-state index is 10.6. The number of benzene rings is 1. The molecule has 4 nitrogen and oxygen atoms in total. The number of nitrogens with zero attached hydrogens (tertiary/aromatic N) is 2. The molecule has 0 radical (unpaired) electrons. The van der Waals surface area contributed by atoms with Crippen LogP contribution in [0.2, 0.25) is 0 Å². The predicted octanol–water partition coefficient (Wildman–Crippen LogP) is 3.79. The molecule has 114 valence electrons. The van der Waals surface area contributed by atoms with Crippen LogP contribution < -0.4 is 4.74 Å². The summed E-state index contributed by atoms with van der Waals surface area (Å²) in [5.74, 6) is 0.727. The zero-order valence-corrected chi connectivity index (χ0v) is 15.4. The van der Waals surface area contributed by atoms with Gasteiger partial charge in [-0.25, -0.2) is 0 Å². The van der Waals surface area contributed by atoms with Crippen LogP contribution in [0.5, 0.6) is 5.75 Å². The molecule has 0 bridgehead atoms. The summed E-state index contributed by atoms with van der Waals surface area (Å²) >= 11 is 7.06. The van der Waals surface area contributed by atoms with Crippen molar-refractivity contribution in [2.24, 2.45) is 7.05 Å². The number of ether oxygens (including phenoxy) is 1. The second-order valence-corrected chi connectivity index (χ2v) is 6.44. The minimum atomic E-state index is -0.633. The van der Waals surface area contributed by atoms with Crippen molar-refractivity contribution in [3.05, 3.63) is 44.1 Å². The third-order valence-corrected chi connectivity index (χ3v) is 5.09. The van der Waals surface area contributed by atoms with Gasteiger partial charge in [-0.15, -0.1) is 0 Å². The summed E-state index contributed by atoms with van der Waals surface area (Å²) in [4.78, 5) is 0. The van der Waals surface area contributed by atoms with Gasteiger partial charge >= 0.3 is 0 Å². The first-order valence-corrected chi connectivity index (χ1v) is 8.28. The number of aromatic nitrogens is 2. The van der Waals surface area contributed by atoms with E-state index >= 15 is 0 Å². The van der Waals surface area contributed by atoms with Crippen LogP contribution in [0.15, 0.2) is 27.1 Å². The maximum absolute atomic E-state index is 10.6. The summed E-state index contributed by atoms with van der Waals surface area (Å²) in [5, 5.41) is 15.0. The fraction of sp³-hybridized carbons (Fsp3) is 0.400. The van der Waals surface area contributed by atoms with Gasteiger partial charge in [0, 0.05) is 17.9 Å². The van der Waals surface area contributed by atoms with E-state index in [9.17, 15) is 5.11 Å². The first-order chi connectivity index (χ1) is 9.97. The smallest absolute Gasteiger partial charge is 0.119 e. The molecule has 2 rings (SSSR count). The molecular formula is C15H18Br2N2O2. The van der Waals surface area contributed by atoms with Crippen molar-refractivity contribution in [1.82, 2.24) is 9.78 Å². The number of aliphatic hydroxyl groups is 1. The number of halogens is 2. The molecule has 1 heterocycles. The maximum Gasteiger partial charge on any atom is 0.119 e. The van der Waals surface area contributed by atoms with Crippen molar-refractivity contribution in [2.75, 3.05) is 7.11 Å². The van der Waals surface area contributed by atoms with E-state index < -0.39 is 6.10 Å². The Balaban J connectivity index is 2.30. The molecule has 2 aromatic rings. The van der Waals surface area contributed by atoms with Gasteiger partial charge in [0.1, 0.15) is 5.75 Å². The Morgan fingerprint density at radius 3 is 2.67 bits per heavy atom. The van der Waals surface area contributed by atoms with E-state index in [-0.39, 0.29) is 0 Å². The van der Waals surface area contributed by atoms with Crippen LogP contribution in [0, 0.1) is 0 Å². The van der Waals surface area contributed by atoms with E-state index in [1.807, 2.05) is 29.9 Å². The van der Waals surface area contributed by atoms with Crippen LogP contribution in [0.4, 0.5) is 0 Å². The van der Waals surface area contributed by atoms with Gasteiger partial charge in [0.25, 0.3) is 0 Å². The lowest BCUT2D eigenvalue weighted by atomic mass is 10.0. The molecule has 0 fully saturated rings. The standard InChI is InChI=1S/C15H18Br2N2O2/c1-4-12-15(17)13(19(2)18-12)8-14(20)10-7-9(21-3)5-6-11(10)16/h5-7,14,20H,4,8H2,1-3H3. The van der Waals surface area contributed by atoms with Crippen LogP contribution >= 0.6 is 31.9 Å². The van der Waals surface area contributed by atoms with E-state index in [1.165, 1.54) is 0 Å². The van der Waals surface area contributed by atoms with E-state index in [4.69, 9.17) is 4.74 Å². The van der Waals surface area contributed by atoms with Crippen LogP contribution in [0.25, 0.3) is 0 Å². The van der Waals surface area contributed by atoms with Gasteiger partial charge in [-0.3, -0.25) is 4.68 Å². The Hall–Kier alpha value is -0.850. The highest BCUT2D eigenvalue weighted by molar-refractivity contribution is 9.10. The van der Waals surface area contributed by atoms with Crippen molar-refractivity contribution < 1.29 is 9.84 Å². The van der Waals surface area contributed by atoms with Crippen LogP contribution in [0.1, 0.15) is 30.0 Å². The first kappa shape index (κ1) is 16.5. The second kappa shape index (κ2) is 6.94. The molecule has 1 aromatic heterocycles. The molecule has 1 N–H and O–H groups in total. The van der Waals surface area contributed by atoms with Crippen molar-refractivity contribution in [3.8, 4) is 5.75 Å². The Kier molecular flexibility index (Phi) is 5.46. The van der Waals surface area contributed by atoms with E-state index in [2.05, 4.69) is 43.9 Å². The molecule has 6 heteroatoms. The number of rotatable bonds is 5. The van der Waals surface area contributed by atoms with Crippen LogP contribution in [0.3, 0.4) is 0 Å². The minimum Gasteiger partial charge on any atom is -0.497 e. The molecule has 0 aliphatic heterocycles. The second-order valence-electron chi connectivity index (χ2n) is 4.79. The largest absolute Gasteiger partial charge is 0.497 e. The molecule has 0 amide bonds. The number of hydrogen-bond donors (Lipinski definition) is 1. The summed E-state index contributed by atoms with van der Waals surface area (Å²) < 4.78 is 8.88. The van der Waals surface area contributed by atoms with Gasteiger partial charge < -0.3 is 9.84 Å². The van der Waals surface area contributed by atoms with Gasteiger partial charge in [-0.05, 0) is 46.1 Å². The average molecular weight is 418 g/mol. The number of hydrogen-bond acceptors (Lipinski definition) is 3. The Morgan fingerprint density at radius 2 is 2.10 bits per heavy atom. The fourth-order valence-electron chi connectivity index (χ4n) is 2.24. The molecule has 0 aliphatic rings. The molecule has 21 heavy (non-hydrogen) atoms. The molecule has 0 spiro atoms. The lowest BCUT2D eigenvalue weighted by molar-refractivity contribution is 0.174. The van der Waals surface area contributed by atoms with E-state index in [0.29, 0.717) is 6.42 Å². The number of methoxy groups -OCH3 is 1. The van der Waals surface area contributed by atoms with Crippen molar-refractivity contribution in [1.29, 1.82) is 0 Å². The lowest BCUT2D eigenvalue weighted by Crippen LogP contribution is -2.07. The highest BCUT2D eigenvalue weighted by Crippen LogP contribution is 2.32. The fourth-order valence-corrected chi connectivity index (χ4v) is 3.53. The normalized spacial score (nSPS) is 12.5. The molecular weight excluding hydrogens is 400 g/mol. The van der Waals surface area contributed by atoms with E-state index in [1.54, 1.807) is 7.11 Å². The van der Waals surface area contributed by atoms with Crippen LogP contribution in [-0.4, -0.2) is 22.0 Å². The third-order valence-electron chi connectivity index (χ3n) is 3.45. The monoisotopic (exact) mass is 416 g/mol. The summed E-state index contributed by atoms with van der Waals surface area (Å²) in [6.45, 7) is 2.06. The van der Waals surface area contributed by atoms with Crippen LogP contribution in [-0.2, 0) is 19.9 Å². The number of aryl methyl sites for hydroxylation is 2. The minimum absolute atomic E-state index is 0.482. The SMILES string of the molecule is CCc1nn(C)c(CC(O)c2cc(OC)ccc2Br)c1Br. The average Bonchev–Trinajstić information content (AvgIpc) is 2.75. The molecule has 1 aromatic carbocycles. The van der Waals surface area contributed by atoms with Crippen molar-refractivity contribution in [3.63, 3.8) is 0 Å². The third kappa shape index (κ3) is 3.49. The zero-order valence-electron chi connectivity index (χ0n) is 12.2. The summed E-state index contributed by atoms with van der Waals surface area (Å²) in [6, 6.07) is 5.59. The summed E-state index contributed by atoms with van der Waals surface area (Å²) in [7, 11) is 3.51. The van der Waals surface area contributed by atoms with Crippen molar-refractivity contribution in [2.45, 2.75) is 25.9 Å². The molecule has 0 aliphatic carbocycles. The quantitative estimate of drug-likeness (QED) is 0.804. The first-order valence-electron chi connectivity index (χ1n) is 6.69. The van der Waals surface area contributed by atoms with Gasteiger partial charge in [0.15, 0.2) is 0 Å². The highest BCUT2D eigenvalue weighted by atomic mass is 79.9.